The first-order valence-electron chi connectivity index (χ1n) is 6.81. The first kappa shape index (κ1) is 14.7. The first-order valence-corrected chi connectivity index (χ1v) is 6.81. The van der Waals surface area contributed by atoms with Gasteiger partial charge in [-0.1, -0.05) is 25.1 Å². The Labute approximate surface area is 120 Å². The van der Waals surface area contributed by atoms with Gasteiger partial charge in [-0.3, -0.25) is 4.99 Å². The van der Waals surface area contributed by atoms with E-state index in [-0.39, 0.29) is 5.41 Å². The molecule has 1 saturated heterocycles. The van der Waals surface area contributed by atoms with Crippen LogP contribution in [-0.2, 0) is 11.3 Å². The summed E-state index contributed by atoms with van der Waals surface area (Å²) in [4.78, 5) is 4.23. The molecule has 0 bridgehead atoms. The van der Waals surface area contributed by atoms with E-state index in [0.29, 0.717) is 6.54 Å². The molecule has 2 rings (SSSR count). The molecule has 1 heterocycles. The molecule has 2 N–H and O–H groups in total. The molecule has 20 heavy (non-hydrogen) atoms. The quantitative estimate of drug-likeness (QED) is 0.631. The van der Waals surface area contributed by atoms with Crippen molar-refractivity contribution in [1.29, 1.82) is 0 Å². The topological polar surface area (TPSA) is 54.9 Å². The van der Waals surface area contributed by atoms with Gasteiger partial charge in [-0.2, -0.15) is 0 Å². The molecule has 1 aromatic carbocycles. The van der Waals surface area contributed by atoms with E-state index >= 15 is 0 Å². The number of guanidine groups is 1. The van der Waals surface area contributed by atoms with Crippen LogP contribution in [0.25, 0.3) is 0 Å². The molecule has 1 fully saturated rings. The Kier molecular flexibility index (Phi) is 4.84. The number of para-hydroxylation sites is 1. The Hall–Kier alpha value is -1.75. The van der Waals surface area contributed by atoms with Crippen LogP contribution in [-0.4, -0.2) is 39.9 Å². The minimum absolute atomic E-state index is 0.224. The van der Waals surface area contributed by atoms with Crippen LogP contribution < -0.4 is 15.4 Å². The zero-order chi connectivity index (χ0) is 14.4. The largest absolute Gasteiger partial charge is 0.496 e. The third-order valence-electron chi connectivity index (χ3n) is 3.45. The fourth-order valence-corrected chi connectivity index (χ4v) is 2.10. The van der Waals surface area contributed by atoms with E-state index in [1.165, 1.54) is 0 Å². The molecule has 5 heteroatoms. The highest BCUT2D eigenvalue weighted by atomic mass is 16.5. The Morgan fingerprint density at radius 2 is 2.10 bits per heavy atom. The summed E-state index contributed by atoms with van der Waals surface area (Å²) in [6.45, 7) is 5.36. The lowest BCUT2D eigenvalue weighted by Crippen LogP contribution is -2.50. The van der Waals surface area contributed by atoms with Crippen LogP contribution in [0.5, 0.6) is 5.75 Å². The van der Waals surface area contributed by atoms with Crippen molar-refractivity contribution in [3.8, 4) is 5.75 Å². The summed E-state index contributed by atoms with van der Waals surface area (Å²) in [5.41, 5.74) is 1.33. The SMILES string of the molecule is CN=C(NCc1ccccc1OC)NCC1(C)COC1. The maximum absolute atomic E-state index is 5.34. The summed E-state index contributed by atoms with van der Waals surface area (Å²) in [5, 5.41) is 6.64. The number of rotatable bonds is 5. The molecule has 0 aromatic heterocycles. The lowest BCUT2D eigenvalue weighted by atomic mass is 9.89. The fraction of sp³-hybridized carbons (Fsp3) is 0.533. The summed E-state index contributed by atoms with van der Waals surface area (Å²) < 4.78 is 10.6. The molecule has 0 unspecified atom stereocenters. The predicted octanol–water partition coefficient (Wildman–Crippen LogP) is 1.40. The number of hydrogen-bond donors (Lipinski definition) is 2. The Morgan fingerprint density at radius 1 is 1.35 bits per heavy atom. The average molecular weight is 277 g/mol. The van der Waals surface area contributed by atoms with Gasteiger partial charge in [0, 0.05) is 31.1 Å². The molecular weight excluding hydrogens is 254 g/mol. The van der Waals surface area contributed by atoms with Crippen LogP contribution in [0.1, 0.15) is 12.5 Å². The van der Waals surface area contributed by atoms with Gasteiger partial charge < -0.3 is 20.1 Å². The predicted molar refractivity (Wildman–Crippen MR) is 80.1 cm³/mol. The molecule has 0 amide bonds. The molecule has 0 saturated carbocycles. The van der Waals surface area contributed by atoms with Gasteiger partial charge in [-0.25, -0.2) is 0 Å². The van der Waals surface area contributed by atoms with E-state index in [1.54, 1.807) is 14.2 Å². The monoisotopic (exact) mass is 277 g/mol. The zero-order valence-electron chi connectivity index (χ0n) is 12.4. The minimum atomic E-state index is 0.224. The van der Waals surface area contributed by atoms with Crippen LogP contribution in [0.4, 0.5) is 0 Å². The van der Waals surface area contributed by atoms with Gasteiger partial charge in [-0.05, 0) is 6.07 Å². The number of nitrogens with one attached hydrogen (secondary N) is 2. The van der Waals surface area contributed by atoms with E-state index in [1.807, 2.05) is 24.3 Å². The van der Waals surface area contributed by atoms with Crippen LogP contribution in [0.3, 0.4) is 0 Å². The lowest BCUT2D eigenvalue weighted by Gasteiger charge is -2.38. The van der Waals surface area contributed by atoms with Gasteiger partial charge in [0.2, 0.25) is 0 Å². The highest BCUT2D eigenvalue weighted by Gasteiger charge is 2.33. The van der Waals surface area contributed by atoms with E-state index in [4.69, 9.17) is 9.47 Å². The molecule has 0 spiro atoms. The minimum Gasteiger partial charge on any atom is -0.496 e. The number of ether oxygens (including phenoxy) is 2. The van der Waals surface area contributed by atoms with E-state index in [2.05, 4.69) is 22.5 Å². The van der Waals surface area contributed by atoms with E-state index in [0.717, 1.165) is 37.0 Å². The maximum atomic E-state index is 5.34. The van der Waals surface area contributed by atoms with Crippen molar-refractivity contribution in [2.75, 3.05) is 33.9 Å². The molecule has 1 aliphatic heterocycles. The third kappa shape index (κ3) is 3.63. The molecule has 1 aliphatic rings. The van der Waals surface area contributed by atoms with Crippen molar-refractivity contribution in [2.45, 2.75) is 13.5 Å². The van der Waals surface area contributed by atoms with Gasteiger partial charge in [0.25, 0.3) is 0 Å². The lowest BCUT2D eigenvalue weighted by molar-refractivity contribution is -0.0971. The summed E-state index contributed by atoms with van der Waals surface area (Å²) in [6.07, 6.45) is 0. The van der Waals surface area contributed by atoms with Gasteiger partial charge in [-0.15, -0.1) is 0 Å². The van der Waals surface area contributed by atoms with Crippen molar-refractivity contribution >= 4 is 5.96 Å². The molecule has 0 aliphatic carbocycles. The fourth-order valence-electron chi connectivity index (χ4n) is 2.10. The second kappa shape index (κ2) is 6.61. The van der Waals surface area contributed by atoms with Crippen molar-refractivity contribution in [2.24, 2.45) is 10.4 Å². The van der Waals surface area contributed by atoms with Gasteiger partial charge in [0.15, 0.2) is 5.96 Å². The number of aliphatic imine (C=N–C) groups is 1. The third-order valence-corrected chi connectivity index (χ3v) is 3.45. The molecule has 0 atom stereocenters. The summed E-state index contributed by atoms with van der Waals surface area (Å²) in [6, 6.07) is 7.97. The van der Waals surface area contributed by atoms with Crippen LogP contribution in [0.15, 0.2) is 29.3 Å². The Balaban J connectivity index is 1.84. The second-order valence-corrected chi connectivity index (χ2v) is 5.39. The number of nitrogens with zero attached hydrogens (tertiary/aromatic N) is 1. The molecule has 1 aromatic rings. The van der Waals surface area contributed by atoms with E-state index < -0.39 is 0 Å². The molecule has 110 valence electrons. The highest BCUT2D eigenvalue weighted by Crippen LogP contribution is 2.25. The highest BCUT2D eigenvalue weighted by molar-refractivity contribution is 5.79. The second-order valence-electron chi connectivity index (χ2n) is 5.39. The number of benzene rings is 1. The molecule has 5 nitrogen and oxygen atoms in total. The Bertz CT molecular complexity index is 470. The van der Waals surface area contributed by atoms with Crippen LogP contribution in [0, 0.1) is 5.41 Å². The number of hydrogen-bond acceptors (Lipinski definition) is 3. The van der Waals surface area contributed by atoms with Crippen molar-refractivity contribution in [3.05, 3.63) is 29.8 Å². The van der Waals surface area contributed by atoms with Gasteiger partial charge in [0.1, 0.15) is 5.75 Å². The standard InChI is InChI=1S/C15H23N3O2/c1-15(10-20-11-15)9-18-14(16-2)17-8-12-6-4-5-7-13(12)19-3/h4-7H,8-11H2,1-3H3,(H2,16,17,18). The van der Waals surface area contributed by atoms with Gasteiger partial charge in [0.05, 0.1) is 20.3 Å². The van der Waals surface area contributed by atoms with Crippen molar-refractivity contribution < 1.29 is 9.47 Å². The summed E-state index contributed by atoms with van der Waals surface area (Å²) in [7, 11) is 3.46. The van der Waals surface area contributed by atoms with Crippen molar-refractivity contribution in [1.82, 2.24) is 10.6 Å². The van der Waals surface area contributed by atoms with Crippen LogP contribution in [0.2, 0.25) is 0 Å². The van der Waals surface area contributed by atoms with Gasteiger partial charge >= 0.3 is 0 Å². The summed E-state index contributed by atoms with van der Waals surface area (Å²) >= 11 is 0. The van der Waals surface area contributed by atoms with Crippen LogP contribution >= 0.6 is 0 Å². The average Bonchev–Trinajstić information content (AvgIpc) is 2.45. The molecular formula is C15H23N3O2. The number of methoxy groups -OCH3 is 1. The summed E-state index contributed by atoms with van der Waals surface area (Å²) in [5.74, 6) is 1.68. The van der Waals surface area contributed by atoms with E-state index in [9.17, 15) is 0 Å². The molecule has 0 radical (unpaired) electrons. The smallest absolute Gasteiger partial charge is 0.191 e. The maximum Gasteiger partial charge on any atom is 0.191 e. The normalized spacial score (nSPS) is 17.2. The zero-order valence-corrected chi connectivity index (χ0v) is 12.4. The van der Waals surface area contributed by atoms with Crippen molar-refractivity contribution in [3.63, 3.8) is 0 Å². The first-order chi connectivity index (χ1) is 9.67. The Morgan fingerprint density at radius 3 is 2.70 bits per heavy atom.